The molecular weight excluding hydrogens is 194 g/mol. The lowest BCUT2D eigenvalue weighted by Crippen LogP contribution is -2.02. The van der Waals surface area contributed by atoms with Crippen molar-refractivity contribution in [2.45, 2.75) is 17.9 Å². The summed E-state index contributed by atoms with van der Waals surface area (Å²) in [5, 5.41) is 0. The standard InChI is InChI=1S/C15H15N/c16-15-13(11-7-3-1-4-8-11)14(15)12-9-5-2-6-10-12/h1-10,13-15H,16H2/t13-,14-/m1/s1. The Bertz CT molecular complexity index is 418. The Kier molecular flexibility index (Phi) is 2.26. The summed E-state index contributed by atoms with van der Waals surface area (Å²) in [4.78, 5) is 0. The second-order valence-electron chi connectivity index (χ2n) is 4.45. The van der Waals surface area contributed by atoms with Crippen LogP contribution in [0.15, 0.2) is 60.7 Å². The molecule has 0 saturated heterocycles. The quantitative estimate of drug-likeness (QED) is 0.808. The van der Waals surface area contributed by atoms with Crippen LogP contribution in [0.3, 0.4) is 0 Å². The van der Waals surface area contributed by atoms with Gasteiger partial charge in [0.1, 0.15) is 0 Å². The lowest BCUT2D eigenvalue weighted by molar-refractivity contribution is 0.982. The van der Waals surface area contributed by atoms with E-state index in [-0.39, 0.29) is 6.04 Å². The van der Waals surface area contributed by atoms with Crippen LogP contribution in [0.1, 0.15) is 23.0 Å². The summed E-state index contributed by atoms with van der Waals surface area (Å²) in [6.07, 6.45) is 0. The molecule has 0 spiro atoms. The maximum atomic E-state index is 6.17. The first-order chi connectivity index (χ1) is 7.88. The lowest BCUT2D eigenvalue weighted by Gasteiger charge is -1.99. The molecule has 0 heterocycles. The summed E-state index contributed by atoms with van der Waals surface area (Å²) in [6, 6.07) is 21.4. The molecule has 2 aromatic carbocycles. The van der Waals surface area contributed by atoms with Crippen molar-refractivity contribution in [2.24, 2.45) is 5.73 Å². The monoisotopic (exact) mass is 209 g/mol. The third kappa shape index (κ3) is 1.54. The van der Waals surface area contributed by atoms with Gasteiger partial charge in [0.2, 0.25) is 0 Å². The van der Waals surface area contributed by atoms with E-state index in [1.165, 1.54) is 11.1 Å². The third-order valence-corrected chi connectivity index (χ3v) is 3.44. The van der Waals surface area contributed by atoms with E-state index in [0.29, 0.717) is 11.8 Å². The number of benzene rings is 2. The van der Waals surface area contributed by atoms with Gasteiger partial charge in [-0.1, -0.05) is 60.7 Å². The normalized spacial score (nSPS) is 27.7. The SMILES string of the molecule is NC1[C@H](c2ccccc2)[C@H]1c1ccccc1. The van der Waals surface area contributed by atoms with Crippen molar-refractivity contribution in [2.75, 3.05) is 0 Å². The fraction of sp³-hybridized carbons (Fsp3) is 0.200. The van der Waals surface area contributed by atoms with Gasteiger partial charge in [-0.25, -0.2) is 0 Å². The molecule has 80 valence electrons. The molecule has 2 atom stereocenters. The van der Waals surface area contributed by atoms with Crippen molar-refractivity contribution in [3.8, 4) is 0 Å². The molecule has 0 radical (unpaired) electrons. The predicted octanol–water partition coefficient (Wildman–Crippen LogP) is 2.89. The van der Waals surface area contributed by atoms with E-state index in [4.69, 9.17) is 5.73 Å². The summed E-state index contributed by atoms with van der Waals surface area (Å²) < 4.78 is 0. The molecule has 1 saturated carbocycles. The van der Waals surface area contributed by atoms with E-state index in [9.17, 15) is 0 Å². The third-order valence-electron chi connectivity index (χ3n) is 3.44. The molecule has 0 bridgehead atoms. The molecule has 1 fully saturated rings. The summed E-state index contributed by atoms with van der Waals surface area (Å²) in [5.74, 6) is 1.01. The lowest BCUT2D eigenvalue weighted by atomic mass is 10.0. The van der Waals surface area contributed by atoms with Gasteiger partial charge in [-0.2, -0.15) is 0 Å². The Balaban J connectivity index is 1.87. The second-order valence-corrected chi connectivity index (χ2v) is 4.45. The highest BCUT2D eigenvalue weighted by Crippen LogP contribution is 2.53. The zero-order valence-electron chi connectivity index (χ0n) is 9.08. The molecule has 16 heavy (non-hydrogen) atoms. The summed E-state index contributed by atoms with van der Waals surface area (Å²) in [7, 11) is 0. The van der Waals surface area contributed by atoms with Gasteiger partial charge in [0.05, 0.1) is 0 Å². The van der Waals surface area contributed by atoms with E-state index < -0.39 is 0 Å². The maximum absolute atomic E-state index is 6.17. The molecule has 0 aliphatic heterocycles. The smallest absolute Gasteiger partial charge is 0.0190 e. The predicted molar refractivity (Wildman–Crippen MR) is 66.3 cm³/mol. The molecule has 1 heteroatoms. The van der Waals surface area contributed by atoms with Crippen molar-refractivity contribution in [1.82, 2.24) is 0 Å². The van der Waals surface area contributed by atoms with Gasteiger partial charge in [0.15, 0.2) is 0 Å². The molecule has 0 amide bonds. The first-order valence-corrected chi connectivity index (χ1v) is 5.73. The van der Waals surface area contributed by atoms with Crippen molar-refractivity contribution in [3.63, 3.8) is 0 Å². The van der Waals surface area contributed by atoms with Gasteiger partial charge in [-0.15, -0.1) is 0 Å². The molecule has 0 unspecified atom stereocenters. The fourth-order valence-corrected chi connectivity index (χ4v) is 2.54. The van der Waals surface area contributed by atoms with Crippen LogP contribution in [-0.4, -0.2) is 6.04 Å². The zero-order valence-corrected chi connectivity index (χ0v) is 9.08. The summed E-state index contributed by atoms with van der Waals surface area (Å²) >= 11 is 0. The highest BCUT2D eigenvalue weighted by Gasteiger charge is 2.48. The molecule has 2 N–H and O–H groups in total. The van der Waals surface area contributed by atoms with Gasteiger partial charge in [-0.05, 0) is 11.1 Å². The maximum Gasteiger partial charge on any atom is 0.0190 e. The average Bonchev–Trinajstić information content (AvgIpc) is 3.03. The first-order valence-electron chi connectivity index (χ1n) is 5.73. The van der Waals surface area contributed by atoms with Crippen molar-refractivity contribution >= 4 is 0 Å². The van der Waals surface area contributed by atoms with Crippen LogP contribution in [0.2, 0.25) is 0 Å². The minimum absolute atomic E-state index is 0.282. The van der Waals surface area contributed by atoms with Crippen LogP contribution in [0.25, 0.3) is 0 Å². The van der Waals surface area contributed by atoms with Crippen molar-refractivity contribution < 1.29 is 0 Å². The van der Waals surface area contributed by atoms with E-state index in [1.807, 2.05) is 0 Å². The highest BCUT2D eigenvalue weighted by atomic mass is 14.8. The fourth-order valence-electron chi connectivity index (χ4n) is 2.54. The highest BCUT2D eigenvalue weighted by molar-refractivity contribution is 5.41. The summed E-state index contributed by atoms with van der Waals surface area (Å²) in [6.45, 7) is 0. The van der Waals surface area contributed by atoms with E-state index >= 15 is 0 Å². The number of hydrogen-bond donors (Lipinski definition) is 1. The Morgan fingerprint density at radius 1 is 0.625 bits per heavy atom. The molecular formula is C15H15N. The minimum Gasteiger partial charge on any atom is -0.327 e. The van der Waals surface area contributed by atoms with Gasteiger partial charge in [0, 0.05) is 17.9 Å². The Hall–Kier alpha value is -1.60. The zero-order chi connectivity index (χ0) is 11.0. The Labute approximate surface area is 95.9 Å². The second kappa shape index (κ2) is 3.76. The summed E-state index contributed by atoms with van der Waals surface area (Å²) in [5.41, 5.74) is 8.90. The van der Waals surface area contributed by atoms with Gasteiger partial charge < -0.3 is 5.73 Å². The number of nitrogens with two attached hydrogens (primary N) is 1. The molecule has 1 aliphatic carbocycles. The minimum atomic E-state index is 0.282. The number of rotatable bonds is 2. The van der Waals surface area contributed by atoms with Gasteiger partial charge >= 0.3 is 0 Å². The van der Waals surface area contributed by atoms with E-state index in [0.717, 1.165) is 0 Å². The average molecular weight is 209 g/mol. The van der Waals surface area contributed by atoms with Crippen LogP contribution in [0.5, 0.6) is 0 Å². The Morgan fingerprint density at radius 2 is 1.00 bits per heavy atom. The molecule has 1 aliphatic rings. The Morgan fingerprint density at radius 3 is 1.38 bits per heavy atom. The van der Waals surface area contributed by atoms with Crippen molar-refractivity contribution in [3.05, 3.63) is 71.8 Å². The largest absolute Gasteiger partial charge is 0.327 e. The molecule has 3 rings (SSSR count). The number of hydrogen-bond acceptors (Lipinski definition) is 1. The van der Waals surface area contributed by atoms with Crippen LogP contribution in [0, 0.1) is 0 Å². The van der Waals surface area contributed by atoms with Crippen LogP contribution < -0.4 is 5.73 Å². The van der Waals surface area contributed by atoms with Crippen LogP contribution in [-0.2, 0) is 0 Å². The van der Waals surface area contributed by atoms with E-state index in [2.05, 4.69) is 60.7 Å². The van der Waals surface area contributed by atoms with Gasteiger partial charge in [0.25, 0.3) is 0 Å². The topological polar surface area (TPSA) is 26.0 Å². The first kappa shape index (κ1) is 9.61. The van der Waals surface area contributed by atoms with Crippen LogP contribution in [0.4, 0.5) is 0 Å². The van der Waals surface area contributed by atoms with E-state index in [1.54, 1.807) is 0 Å². The molecule has 0 aromatic heterocycles. The van der Waals surface area contributed by atoms with Crippen molar-refractivity contribution in [1.29, 1.82) is 0 Å². The van der Waals surface area contributed by atoms with Crippen LogP contribution >= 0.6 is 0 Å². The van der Waals surface area contributed by atoms with Gasteiger partial charge in [-0.3, -0.25) is 0 Å². The molecule has 2 aromatic rings. The molecule has 1 nitrogen and oxygen atoms in total.